The van der Waals surface area contributed by atoms with E-state index < -0.39 is 19.7 Å². The van der Waals surface area contributed by atoms with Crippen molar-refractivity contribution in [2.45, 2.75) is 9.79 Å². The van der Waals surface area contributed by atoms with Gasteiger partial charge in [0.05, 0.1) is 24.0 Å². The minimum atomic E-state index is -1.62. The van der Waals surface area contributed by atoms with Crippen molar-refractivity contribution in [1.82, 2.24) is 0 Å². The number of ether oxygens (including phenoxy) is 2. The summed E-state index contributed by atoms with van der Waals surface area (Å²) in [5.41, 5.74) is 0. The summed E-state index contributed by atoms with van der Waals surface area (Å²) < 4.78 is 34.5. The third-order valence-electron chi connectivity index (χ3n) is 2.64. The van der Waals surface area contributed by atoms with Crippen LogP contribution in [0.4, 0.5) is 0 Å². The van der Waals surface area contributed by atoms with Gasteiger partial charge < -0.3 is 9.47 Å². The van der Waals surface area contributed by atoms with Crippen LogP contribution in [-0.4, -0.2) is 22.6 Å². The second-order valence-corrected chi connectivity index (χ2v) is 7.52. The van der Waals surface area contributed by atoms with E-state index in [0.717, 1.165) is 0 Å². The van der Waals surface area contributed by atoms with Crippen LogP contribution in [0.3, 0.4) is 0 Å². The lowest BCUT2D eigenvalue weighted by Gasteiger charge is -2.05. The van der Waals surface area contributed by atoms with Gasteiger partial charge in [0.15, 0.2) is 0 Å². The highest BCUT2D eigenvalue weighted by molar-refractivity contribution is 8.61. The van der Waals surface area contributed by atoms with Gasteiger partial charge in [-0.25, -0.2) is 8.42 Å². The van der Waals surface area contributed by atoms with Gasteiger partial charge in [-0.1, -0.05) is 0 Å². The Morgan fingerprint density at radius 1 is 0.650 bits per heavy atom. The van der Waals surface area contributed by atoms with Crippen LogP contribution < -0.4 is 9.47 Å². The molecule has 2 atom stereocenters. The summed E-state index contributed by atoms with van der Waals surface area (Å²) in [6.07, 6.45) is 0. The Labute approximate surface area is 122 Å². The zero-order chi connectivity index (χ0) is 14.5. The first-order chi connectivity index (χ1) is 9.65. The van der Waals surface area contributed by atoms with Crippen molar-refractivity contribution in [1.29, 1.82) is 0 Å². The fourth-order valence-electron chi connectivity index (χ4n) is 1.55. The molecule has 106 valence electrons. The van der Waals surface area contributed by atoms with Crippen molar-refractivity contribution < 1.29 is 17.9 Å². The van der Waals surface area contributed by atoms with E-state index in [1.807, 2.05) is 0 Å². The Morgan fingerprint density at radius 3 is 1.20 bits per heavy atom. The van der Waals surface area contributed by atoms with Gasteiger partial charge in [-0.05, 0) is 48.5 Å². The summed E-state index contributed by atoms with van der Waals surface area (Å²) in [6.45, 7) is 0. The van der Waals surface area contributed by atoms with Gasteiger partial charge in [0.2, 0.25) is 0 Å². The Bertz CT molecular complexity index is 563. The normalized spacial score (nSPS) is 13.5. The zero-order valence-corrected chi connectivity index (χ0v) is 12.7. The Morgan fingerprint density at radius 2 is 0.950 bits per heavy atom. The summed E-state index contributed by atoms with van der Waals surface area (Å²) in [7, 11) is -0.130. The van der Waals surface area contributed by atoms with E-state index in [9.17, 15) is 8.42 Å². The van der Waals surface area contributed by atoms with Gasteiger partial charge in [0, 0.05) is 0 Å². The van der Waals surface area contributed by atoms with Crippen LogP contribution in [0, 0.1) is 0 Å². The monoisotopic (exact) mass is 310 g/mol. The zero-order valence-electron chi connectivity index (χ0n) is 11.1. The van der Waals surface area contributed by atoms with Crippen molar-refractivity contribution in [3.8, 4) is 11.5 Å². The van der Waals surface area contributed by atoms with Crippen LogP contribution in [0.25, 0.3) is 0 Å². The highest BCUT2D eigenvalue weighted by Gasteiger charge is 2.15. The molecule has 0 aliphatic rings. The fraction of sp³-hybridized carbons (Fsp3) is 0.143. The second-order valence-electron chi connectivity index (χ2n) is 3.82. The Hall–Kier alpha value is -1.66. The maximum atomic E-state index is 12.2. The van der Waals surface area contributed by atoms with Crippen LogP contribution in [0.15, 0.2) is 58.3 Å². The van der Waals surface area contributed by atoms with E-state index in [1.54, 1.807) is 62.8 Å². The van der Waals surface area contributed by atoms with Gasteiger partial charge in [-0.3, -0.25) is 0 Å². The van der Waals surface area contributed by atoms with Crippen molar-refractivity contribution >= 4 is 19.7 Å². The minimum Gasteiger partial charge on any atom is -0.497 e. The highest BCUT2D eigenvalue weighted by atomic mass is 33.1. The molecule has 0 aromatic heterocycles. The van der Waals surface area contributed by atoms with Gasteiger partial charge in [-0.2, -0.15) is 0 Å². The second kappa shape index (κ2) is 6.67. The highest BCUT2D eigenvalue weighted by Crippen LogP contribution is 2.21. The summed E-state index contributed by atoms with van der Waals surface area (Å²) in [6, 6.07) is 13.4. The molecule has 2 aromatic rings. The molecule has 0 bridgehead atoms. The fourth-order valence-corrected chi connectivity index (χ4v) is 4.33. The lowest BCUT2D eigenvalue weighted by atomic mass is 10.3. The van der Waals surface area contributed by atoms with Gasteiger partial charge in [0.25, 0.3) is 0 Å². The van der Waals surface area contributed by atoms with Gasteiger partial charge in [-0.15, -0.1) is 0 Å². The molecule has 2 aromatic carbocycles. The van der Waals surface area contributed by atoms with E-state index in [1.165, 1.54) is 0 Å². The molecule has 0 radical (unpaired) electrons. The van der Waals surface area contributed by atoms with Gasteiger partial charge >= 0.3 is 0 Å². The molecule has 0 heterocycles. The molecule has 0 aliphatic heterocycles. The molecule has 20 heavy (non-hydrogen) atoms. The Kier molecular flexibility index (Phi) is 4.92. The summed E-state index contributed by atoms with van der Waals surface area (Å²) >= 11 is 0. The molecule has 0 spiro atoms. The predicted octanol–water partition coefficient (Wildman–Crippen LogP) is 2.53. The topological polar surface area (TPSA) is 52.6 Å². The van der Waals surface area contributed by atoms with Crippen molar-refractivity contribution in [3.05, 3.63) is 48.5 Å². The van der Waals surface area contributed by atoms with Crippen LogP contribution in [-0.2, 0) is 19.7 Å². The standard InChI is InChI=1S/C14H14O4S2/c1-17-11-3-7-13(8-4-11)19(15)20(16)14-9-5-12(18-2)6-10-14/h3-10H,1-2H3. The summed E-state index contributed by atoms with van der Waals surface area (Å²) in [5.74, 6) is 1.34. The largest absolute Gasteiger partial charge is 0.497 e. The lowest BCUT2D eigenvalue weighted by molar-refractivity contribution is 0.414. The smallest absolute Gasteiger partial charge is 0.148 e. The first kappa shape index (κ1) is 14.7. The molecular weight excluding hydrogens is 296 g/mol. The lowest BCUT2D eigenvalue weighted by Crippen LogP contribution is -2.01. The number of benzene rings is 2. The Balaban J connectivity index is 2.20. The number of hydrogen-bond acceptors (Lipinski definition) is 4. The van der Waals surface area contributed by atoms with Crippen LogP contribution in [0.1, 0.15) is 0 Å². The molecule has 0 amide bonds. The molecular formula is C14H14O4S2. The summed E-state index contributed by atoms with van der Waals surface area (Å²) in [5, 5.41) is 0. The quantitative estimate of drug-likeness (QED) is 0.796. The predicted molar refractivity (Wildman–Crippen MR) is 78.8 cm³/mol. The van der Waals surface area contributed by atoms with Crippen LogP contribution in [0.2, 0.25) is 0 Å². The molecule has 6 heteroatoms. The summed E-state index contributed by atoms with van der Waals surface area (Å²) in [4.78, 5) is 1.000. The molecule has 0 saturated carbocycles. The average Bonchev–Trinajstić information content (AvgIpc) is 2.53. The van der Waals surface area contributed by atoms with Crippen molar-refractivity contribution in [2.24, 2.45) is 0 Å². The molecule has 0 aliphatic carbocycles. The molecule has 4 nitrogen and oxygen atoms in total. The van der Waals surface area contributed by atoms with Gasteiger partial charge in [0.1, 0.15) is 31.2 Å². The third-order valence-corrected chi connectivity index (χ3v) is 6.21. The number of hydrogen-bond donors (Lipinski definition) is 0. The van der Waals surface area contributed by atoms with Crippen molar-refractivity contribution in [3.63, 3.8) is 0 Å². The maximum Gasteiger partial charge on any atom is 0.148 e. The van der Waals surface area contributed by atoms with E-state index in [2.05, 4.69) is 0 Å². The number of methoxy groups -OCH3 is 2. The molecule has 0 saturated heterocycles. The van der Waals surface area contributed by atoms with E-state index in [4.69, 9.17) is 9.47 Å². The van der Waals surface area contributed by atoms with Crippen LogP contribution >= 0.6 is 0 Å². The SMILES string of the molecule is COc1ccc(S(=O)S(=O)c2ccc(OC)cc2)cc1. The van der Waals surface area contributed by atoms with Crippen molar-refractivity contribution in [2.75, 3.05) is 14.2 Å². The minimum absolute atomic E-state index is 0.500. The molecule has 0 fully saturated rings. The van der Waals surface area contributed by atoms with E-state index >= 15 is 0 Å². The number of rotatable bonds is 5. The van der Waals surface area contributed by atoms with Crippen LogP contribution in [0.5, 0.6) is 11.5 Å². The first-order valence-corrected chi connectivity index (χ1v) is 8.59. The van der Waals surface area contributed by atoms with E-state index in [0.29, 0.717) is 21.3 Å². The first-order valence-electron chi connectivity index (χ1n) is 5.78. The molecule has 0 N–H and O–H groups in total. The third kappa shape index (κ3) is 3.26. The molecule has 2 rings (SSSR count). The average molecular weight is 310 g/mol. The molecule has 2 unspecified atom stereocenters. The van der Waals surface area contributed by atoms with E-state index in [-0.39, 0.29) is 0 Å². The maximum absolute atomic E-state index is 12.2.